The van der Waals surface area contributed by atoms with Crippen molar-refractivity contribution in [3.05, 3.63) is 17.5 Å². The van der Waals surface area contributed by atoms with Gasteiger partial charge in [-0.05, 0) is 32.3 Å². The number of esters is 1. The molecule has 6 heteroatoms. The summed E-state index contributed by atoms with van der Waals surface area (Å²) >= 11 is 0. The van der Waals surface area contributed by atoms with Crippen LogP contribution in [0.5, 0.6) is 0 Å². The van der Waals surface area contributed by atoms with E-state index in [4.69, 9.17) is 4.74 Å². The van der Waals surface area contributed by atoms with Crippen molar-refractivity contribution in [1.29, 1.82) is 0 Å². The van der Waals surface area contributed by atoms with Crippen molar-refractivity contribution < 1.29 is 14.3 Å². The van der Waals surface area contributed by atoms with Crippen LogP contribution in [0.2, 0.25) is 0 Å². The van der Waals surface area contributed by atoms with Crippen LogP contribution in [-0.2, 0) is 9.53 Å². The minimum Gasteiger partial charge on any atom is -0.466 e. The lowest BCUT2D eigenvalue weighted by atomic mass is 9.76. The van der Waals surface area contributed by atoms with E-state index in [0.717, 1.165) is 5.69 Å². The number of amides is 1. The molecule has 0 radical (unpaired) electrons. The molecule has 1 amide bonds. The zero-order chi connectivity index (χ0) is 15.6. The van der Waals surface area contributed by atoms with E-state index < -0.39 is 5.41 Å². The Hall–Kier alpha value is -1.85. The summed E-state index contributed by atoms with van der Waals surface area (Å²) < 4.78 is 5.23. The van der Waals surface area contributed by atoms with Crippen molar-refractivity contribution in [2.45, 2.75) is 34.1 Å². The number of aromatic nitrogens is 2. The Morgan fingerprint density at radius 1 is 1.52 bits per heavy atom. The number of aromatic amines is 1. The van der Waals surface area contributed by atoms with E-state index in [0.29, 0.717) is 31.8 Å². The fourth-order valence-electron chi connectivity index (χ4n) is 2.84. The van der Waals surface area contributed by atoms with Gasteiger partial charge in [-0.3, -0.25) is 14.7 Å². The Bertz CT molecular complexity index is 538. The number of nitrogens with one attached hydrogen (secondary N) is 1. The van der Waals surface area contributed by atoms with Gasteiger partial charge in [0.15, 0.2) is 0 Å². The normalized spacial score (nSPS) is 21.9. The lowest BCUT2D eigenvalue weighted by Gasteiger charge is -2.30. The Morgan fingerprint density at radius 3 is 2.76 bits per heavy atom. The quantitative estimate of drug-likeness (QED) is 0.858. The minimum atomic E-state index is -0.600. The molecule has 2 rings (SSSR count). The van der Waals surface area contributed by atoms with Crippen LogP contribution in [0.3, 0.4) is 0 Å². The zero-order valence-corrected chi connectivity index (χ0v) is 13.1. The molecule has 0 aliphatic carbocycles. The average Bonchev–Trinajstić information content (AvgIpc) is 3.05. The highest BCUT2D eigenvalue weighted by atomic mass is 16.5. The third-order valence-corrected chi connectivity index (χ3v) is 4.30. The van der Waals surface area contributed by atoms with Gasteiger partial charge in [0.05, 0.1) is 12.0 Å². The molecular formula is C15H23N3O3. The Kier molecular flexibility index (Phi) is 4.34. The van der Waals surface area contributed by atoms with Crippen LogP contribution in [0.1, 0.15) is 43.4 Å². The van der Waals surface area contributed by atoms with Crippen molar-refractivity contribution in [3.63, 3.8) is 0 Å². The number of nitrogens with zero attached hydrogens (tertiary/aromatic N) is 2. The molecule has 1 aromatic heterocycles. The second-order valence-corrected chi connectivity index (χ2v) is 5.94. The maximum absolute atomic E-state index is 12.4. The van der Waals surface area contributed by atoms with Crippen LogP contribution < -0.4 is 0 Å². The number of carbonyl (C=O) groups is 2. The lowest BCUT2D eigenvalue weighted by molar-refractivity contribution is -0.157. The van der Waals surface area contributed by atoms with E-state index in [1.807, 2.05) is 20.8 Å². The van der Waals surface area contributed by atoms with Gasteiger partial charge in [0.25, 0.3) is 5.91 Å². The van der Waals surface area contributed by atoms with E-state index >= 15 is 0 Å². The maximum Gasteiger partial charge on any atom is 0.314 e. The number of hydrogen-bond donors (Lipinski definition) is 1. The van der Waals surface area contributed by atoms with Gasteiger partial charge in [-0.15, -0.1) is 0 Å². The zero-order valence-electron chi connectivity index (χ0n) is 13.1. The predicted molar refractivity (Wildman–Crippen MR) is 77.7 cm³/mol. The molecule has 1 fully saturated rings. The molecule has 1 aliphatic heterocycles. The average molecular weight is 293 g/mol. The van der Waals surface area contributed by atoms with Crippen LogP contribution in [-0.4, -0.2) is 46.7 Å². The third-order valence-electron chi connectivity index (χ3n) is 4.30. The first-order chi connectivity index (χ1) is 9.90. The summed E-state index contributed by atoms with van der Waals surface area (Å²) in [6.45, 7) is 8.98. The third kappa shape index (κ3) is 2.80. The van der Waals surface area contributed by atoms with Gasteiger partial charge >= 0.3 is 5.97 Å². The van der Waals surface area contributed by atoms with E-state index in [1.165, 1.54) is 0 Å². The molecule has 2 heterocycles. The summed E-state index contributed by atoms with van der Waals surface area (Å²) in [7, 11) is 0. The van der Waals surface area contributed by atoms with Gasteiger partial charge in [-0.2, -0.15) is 5.10 Å². The van der Waals surface area contributed by atoms with Crippen molar-refractivity contribution >= 4 is 11.9 Å². The van der Waals surface area contributed by atoms with Crippen LogP contribution in [0.25, 0.3) is 0 Å². The van der Waals surface area contributed by atoms with Gasteiger partial charge in [-0.25, -0.2) is 0 Å². The van der Waals surface area contributed by atoms with Crippen LogP contribution in [0, 0.1) is 18.3 Å². The molecule has 1 N–H and O–H groups in total. The summed E-state index contributed by atoms with van der Waals surface area (Å²) in [5, 5.41) is 6.77. The fourth-order valence-corrected chi connectivity index (χ4v) is 2.84. The molecule has 1 unspecified atom stereocenters. The highest BCUT2D eigenvalue weighted by Crippen LogP contribution is 2.39. The van der Waals surface area contributed by atoms with Crippen LogP contribution in [0.15, 0.2) is 6.07 Å². The van der Waals surface area contributed by atoms with E-state index in [2.05, 4.69) is 10.2 Å². The number of ether oxygens (including phenoxy) is 1. The first-order valence-corrected chi connectivity index (χ1v) is 7.39. The van der Waals surface area contributed by atoms with Crippen molar-refractivity contribution in [2.75, 3.05) is 19.7 Å². The summed E-state index contributed by atoms with van der Waals surface area (Å²) in [5.74, 6) is -0.213. The van der Waals surface area contributed by atoms with Crippen molar-refractivity contribution in [2.24, 2.45) is 11.3 Å². The first kappa shape index (κ1) is 15.5. The number of rotatable bonds is 4. The first-order valence-electron chi connectivity index (χ1n) is 7.39. The molecule has 1 aromatic rings. The SMILES string of the molecule is CCOC(=O)C1(C(C)C)CCN(C(=O)c2cc(C)[nH]n2)C1. The molecule has 21 heavy (non-hydrogen) atoms. The second kappa shape index (κ2) is 5.87. The maximum atomic E-state index is 12.4. The van der Waals surface area contributed by atoms with E-state index in [9.17, 15) is 9.59 Å². The smallest absolute Gasteiger partial charge is 0.314 e. The molecule has 116 valence electrons. The highest BCUT2D eigenvalue weighted by molar-refractivity contribution is 5.93. The van der Waals surface area contributed by atoms with Crippen LogP contribution in [0.4, 0.5) is 0 Å². The van der Waals surface area contributed by atoms with Crippen LogP contribution >= 0.6 is 0 Å². The topological polar surface area (TPSA) is 75.3 Å². The fraction of sp³-hybridized carbons (Fsp3) is 0.667. The van der Waals surface area contributed by atoms with E-state index in [-0.39, 0.29) is 17.8 Å². The molecule has 0 aromatic carbocycles. The molecule has 6 nitrogen and oxygen atoms in total. The highest BCUT2D eigenvalue weighted by Gasteiger charge is 2.49. The van der Waals surface area contributed by atoms with Gasteiger partial charge in [-0.1, -0.05) is 13.8 Å². The van der Waals surface area contributed by atoms with Gasteiger partial charge in [0, 0.05) is 18.8 Å². The van der Waals surface area contributed by atoms with Gasteiger partial charge in [0.2, 0.25) is 0 Å². The largest absolute Gasteiger partial charge is 0.466 e. The lowest BCUT2D eigenvalue weighted by Crippen LogP contribution is -2.42. The molecule has 0 bridgehead atoms. The standard InChI is InChI=1S/C15H23N3O3/c1-5-21-14(20)15(10(2)3)6-7-18(9-15)13(19)12-8-11(4)16-17-12/h8,10H,5-7,9H2,1-4H3,(H,16,17). The summed E-state index contributed by atoms with van der Waals surface area (Å²) in [6.07, 6.45) is 0.638. The molecule has 0 spiro atoms. The van der Waals surface area contributed by atoms with E-state index in [1.54, 1.807) is 17.9 Å². The number of H-pyrrole nitrogens is 1. The number of likely N-dealkylation sites (tertiary alicyclic amines) is 1. The predicted octanol–water partition coefficient (Wildman–Crippen LogP) is 1.77. The molecule has 0 saturated carbocycles. The minimum absolute atomic E-state index is 0.121. The molecular weight excluding hydrogens is 270 g/mol. The number of aryl methyl sites for hydroxylation is 1. The van der Waals surface area contributed by atoms with Gasteiger partial charge < -0.3 is 9.64 Å². The Labute approximate surface area is 124 Å². The summed E-state index contributed by atoms with van der Waals surface area (Å²) in [6, 6.07) is 1.72. The number of hydrogen-bond acceptors (Lipinski definition) is 4. The van der Waals surface area contributed by atoms with Crippen molar-refractivity contribution in [1.82, 2.24) is 15.1 Å². The molecule has 1 atom stereocenters. The van der Waals surface area contributed by atoms with Gasteiger partial charge in [0.1, 0.15) is 5.69 Å². The molecule has 1 saturated heterocycles. The second-order valence-electron chi connectivity index (χ2n) is 5.94. The Balaban J connectivity index is 2.16. The summed E-state index contributed by atoms with van der Waals surface area (Å²) in [4.78, 5) is 26.5. The van der Waals surface area contributed by atoms with Crippen molar-refractivity contribution in [3.8, 4) is 0 Å². The molecule has 1 aliphatic rings. The monoisotopic (exact) mass is 293 g/mol. The number of carbonyl (C=O) groups excluding carboxylic acids is 2. The summed E-state index contributed by atoms with van der Waals surface area (Å²) in [5.41, 5.74) is 0.644. The Morgan fingerprint density at radius 2 is 2.24 bits per heavy atom.